The van der Waals surface area contributed by atoms with Crippen molar-refractivity contribution in [1.82, 2.24) is 14.8 Å². The van der Waals surface area contributed by atoms with Crippen molar-refractivity contribution in [1.29, 1.82) is 0 Å². The topological polar surface area (TPSA) is 94.1 Å². The quantitative estimate of drug-likeness (QED) is 0.435. The second-order valence-corrected chi connectivity index (χ2v) is 8.44. The SMILES string of the molecule is Cc1ccccc1-c1cc(C(=O)N(CCC(N)=O)c2ccc(F)cc2)c2cnn(C(C)C)c2n1. The van der Waals surface area contributed by atoms with Gasteiger partial charge in [0.2, 0.25) is 5.91 Å². The zero-order chi connectivity index (χ0) is 24.4. The largest absolute Gasteiger partial charge is 0.370 e. The van der Waals surface area contributed by atoms with Crippen molar-refractivity contribution in [2.24, 2.45) is 5.73 Å². The summed E-state index contributed by atoms with van der Waals surface area (Å²) in [6.45, 7) is 6.03. The highest BCUT2D eigenvalue weighted by Gasteiger charge is 2.24. The average Bonchev–Trinajstić information content (AvgIpc) is 3.24. The van der Waals surface area contributed by atoms with E-state index < -0.39 is 11.7 Å². The van der Waals surface area contributed by atoms with Gasteiger partial charge in [-0.25, -0.2) is 14.1 Å². The molecule has 0 fully saturated rings. The molecule has 174 valence electrons. The van der Waals surface area contributed by atoms with Crippen LogP contribution in [-0.2, 0) is 4.79 Å². The number of aromatic nitrogens is 3. The summed E-state index contributed by atoms with van der Waals surface area (Å²) in [4.78, 5) is 31.7. The van der Waals surface area contributed by atoms with Crippen molar-refractivity contribution < 1.29 is 14.0 Å². The molecule has 0 saturated heterocycles. The van der Waals surface area contributed by atoms with Crippen LogP contribution >= 0.6 is 0 Å². The number of aryl methyl sites for hydroxylation is 1. The van der Waals surface area contributed by atoms with Crippen molar-refractivity contribution in [3.05, 3.63) is 77.7 Å². The molecule has 0 aliphatic rings. The number of hydrogen-bond acceptors (Lipinski definition) is 4. The third kappa shape index (κ3) is 4.52. The van der Waals surface area contributed by atoms with Crippen LogP contribution in [0.25, 0.3) is 22.3 Å². The molecule has 2 aromatic carbocycles. The van der Waals surface area contributed by atoms with E-state index in [9.17, 15) is 14.0 Å². The lowest BCUT2D eigenvalue weighted by Gasteiger charge is -2.23. The maximum absolute atomic E-state index is 13.9. The number of primary amides is 1. The maximum atomic E-state index is 13.9. The van der Waals surface area contributed by atoms with Crippen LogP contribution in [0.4, 0.5) is 10.1 Å². The molecule has 0 unspecified atom stereocenters. The van der Waals surface area contributed by atoms with E-state index in [2.05, 4.69) is 5.10 Å². The van der Waals surface area contributed by atoms with Crippen molar-refractivity contribution >= 4 is 28.5 Å². The van der Waals surface area contributed by atoms with Gasteiger partial charge in [-0.3, -0.25) is 9.59 Å². The Balaban J connectivity index is 1.91. The summed E-state index contributed by atoms with van der Waals surface area (Å²) in [6.07, 6.45) is 1.60. The minimum atomic E-state index is -0.534. The van der Waals surface area contributed by atoms with Gasteiger partial charge in [-0.15, -0.1) is 0 Å². The van der Waals surface area contributed by atoms with Crippen LogP contribution in [0.3, 0.4) is 0 Å². The second-order valence-electron chi connectivity index (χ2n) is 8.44. The Morgan fingerprint density at radius 2 is 1.82 bits per heavy atom. The second kappa shape index (κ2) is 9.43. The Morgan fingerprint density at radius 3 is 2.47 bits per heavy atom. The van der Waals surface area contributed by atoms with Crippen molar-refractivity contribution in [2.75, 3.05) is 11.4 Å². The maximum Gasteiger partial charge on any atom is 0.259 e. The summed E-state index contributed by atoms with van der Waals surface area (Å²) in [5.74, 6) is -1.30. The van der Waals surface area contributed by atoms with E-state index in [1.165, 1.54) is 29.2 Å². The van der Waals surface area contributed by atoms with Gasteiger partial charge >= 0.3 is 0 Å². The van der Waals surface area contributed by atoms with Crippen LogP contribution in [0.5, 0.6) is 0 Å². The fraction of sp³-hybridized carbons (Fsp3) is 0.231. The lowest BCUT2D eigenvalue weighted by Crippen LogP contribution is -2.34. The van der Waals surface area contributed by atoms with E-state index in [1.807, 2.05) is 45.0 Å². The molecule has 2 heterocycles. The fourth-order valence-electron chi connectivity index (χ4n) is 3.91. The van der Waals surface area contributed by atoms with E-state index in [0.29, 0.717) is 28.0 Å². The molecular weight excluding hydrogens is 433 g/mol. The highest BCUT2D eigenvalue weighted by molar-refractivity contribution is 6.14. The molecule has 0 radical (unpaired) electrons. The molecule has 2 N–H and O–H groups in total. The Hall–Kier alpha value is -4.07. The number of hydrogen-bond donors (Lipinski definition) is 1. The van der Waals surface area contributed by atoms with Gasteiger partial charge in [0.15, 0.2) is 5.65 Å². The first-order chi connectivity index (χ1) is 16.3. The van der Waals surface area contributed by atoms with E-state index in [4.69, 9.17) is 10.7 Å². The summed E-state index contributed by atoms with van der Waals surface area (Å²) in [5.41, 5.74) is 9.38. The molecule has 2 aromatic heterocycles. The van der Waals surface area contributed by atoms with Gasteiger partial charge in [0.25, 0.3) is 5.91 Å². The number of benzene rings is 2. The summed E-state index contributed by atoms with van der Waals surface area (Å²) < 4.78 is 15.3. The van der Waals surface area contributed by atoms with Gasteiger partial charge in [0, 0.05) is 30.3 Å². The lowest BCUT2D eigenvalue weighted by molar-refractivity contribution is -0.117. The fourth-order valence-corrected chi connectivity index (χ4v) is 3.91. The highest BCUT2D eigenvalue weighted by atomic mass is 19.1. The Labute approximate surface area is 197 Å². The van der Waals surface area contributed by atoms with Crippen LogP contribution in [-0.4, -0.2) is 33.1 Å². The molecule has 0 aliphatic heterocycles. The number of anilines is 1. The van der Waals surface area contributed by atoms with Crippen molar-refractivity contribution in [2.45, 2.75) is 33.2 Å². The molecule has 8 heteroatoms. The van der Waals surface area contributed by atoms with Crippen LogP contribution in [0, 0.1) is 12.7 Å². The van der Waals surface area contributed by atoms with E-state index in [1.54, 1.807) is 16.9 Å². The standard InChI is InChI=1S/C26H26FN5O2/c1-16(2)32-25-22(15-29-32)21(14-23(30-25)20-7-5-4-6-17(20)3)26(34)31(13-12-24(28)33)19-10-8-18(27)9-11-19/h4-11,14-16H,12-13H2,1-3H3,(H2,28,33). The number of carbonyl (C=O) groups excluding carboxylic acids is 2. The minimum Gasteiger partial charge on any atom is -0.370 e. The number of nitrogens with two attached hydrogens (primary N) is 1. The Bertz CT molecular complexity index is 1360. The molecule has 0 saturated carbocycles. The van der Waals surface area contributed by atoms with Gasteiger partial charge < -0.3 is 10.6 Å². The number of nitrogens with zero attached hydrogens (tertiary/aromatic N) is 4. The number of amides is 2. The van der Waals surface area contributed by atoms with Gasteiger partial charge in [-0.05, 0) is 56.7 Å². The third-order valence-corrected chi connectivity index (χ3v) is 5.67. The first-order valence-electron chi connectivity index (χ1n) is 11.1. The molecule has 0 aliphatic carbocycles. The van der Waals surface area contributed by atoms with E-state index >= 15 is 0 Å². The number of carbonyl (C=O) groups is 2. The molecule has 7 nitrogen and oxygen atoms in total. The third-order valence-electron chi connectivity index (χ3n) is 5.67. The van der Waals surface area contributed by atoms with Crippen molar-refractivity contribution in [3.8, 4) is 11.3 Å². The summed E-state index contributed by atoms with van der Waals surface area (Å²) in [6, 6.07) is 15.2. The van der Waals surface area contributed by atoms with Gasteiger partial charge in [-0.2, -0.15) is 5.10 Å². The van der Waals surface area contributed by atoms with Crippen LogP contribution in [0.2, 0.25) is 0 Å². The molecule has 0 atom stereocenters. The van der Waals surface area contributed by atoms with Gasteiger partial charge in [0.05, 0.1) is 22.8 Å². The lowest BCUT2D eigenvalue weighted by atomic mass is 10.0. The molecule has 0 bridgehead atoms. The highest BCUT2D eigenvalue weighted by Crippen LogP contribution is 2.30. The molecular formula is C26H26FN5O2. The average molecular weight is 460 g/mol. The number of halogens is 1. The zero-order valence-electron chi connectivity index (χ0n) is 19.3. The van der Waals surface area contributed by atoms with Crippen LogP contribution < -0.4 is 10.6 Å². The first-order valence-corrected chi connectivity index (χ1v) is 11.1. The number of pyridine rings is 1. The molecule has 34 heavy (non-hydrogen) atoms. The molecule has 4 rings (SSSR count). The number of fused-ring (bicyclic) bond motifs is 1. The molecule has 2 amide bonds. The zero-order valence-corrected chi connectivity index (χ0v) is 19.3. The Kier molecular flexibility index (Phi) is 6.40. The first kappa shape index (κ1) is 23.1. The summed E-state index contributed by atoms with van der Waals surface area (Å²) >= 11 is 0. The summed E-state index contributed by atoms with van der Waals surface area (Å²) in [5, 5.41) is 5.07. The van der Waals surface area contributed by atoms with Crippen molar-refractivity contribution in [3.63, 3.8) is 0 Å². The predicted octanol–water partition coefficient (Wildman–Crippen LogP) is 4.65. The number of rotatable bonds is 7. The monoisotopic (exact) mass is 459 g/mol. The van der Waals surface area contributed by atoms with Crippen LogP contribution in [0.15, 0.2) is 60.8 Å². The van der Waals surface area contributed by atoms with Gasteiger partial charge in [-0.1, -0.05) is 24.3 Å². The van der Waals surface area contributed by atoms with Crippen LogP contribution in [0.1, 0.15) is 42.2 Å². The minimum absolute atomic E-state index is 0.0307. The Morgan fingerprint density at radius 1 is 1.12 bits per heavy atom. The normalized spacial score (nSPS) is 11.2. The summed E-state index contributed by atoms with van der Waals surface area (Å²) in [7, 11) is 0. The predicted molar refractivity (Wildman–Crippen MR) is 130 cm³/mol. The van der Waals surface area contributed by atoms with Gasteiger partial charge in [0.1, 0.15) is 5.82 Å². The smallest absolute Gasteiger partial charge is 0.259 e. The molecule has 0 spiro atoms. The molecule has 4 aromatic rings. The van der Waals surface area contributed by atoms with E-state index in [-0.39, 0.29) is 24.9 Å². The van der Waals surface area contributed by atoms with E-state index in [0.717, 1.165) is 11.1 Å².